The Balaban J connectivity index is 3.90. The van der Waals surface area contributed by atoms with Gasteiger partial charge in [-0.25, -0.2) is 0 Å². The van der Waals surface area contributed by atoms with Crippen molar-refractivity contribution >= 4 is 11.9 Å². The van der Waals surface area contributed by atoms with Crippen LogP contribution in [0.3, 0.4) is 0 Å². The minimum absolute atomic E-state index is 0.0693. The van der Waals surface area contributed by atoms with Crippen LogP contribution in [0.4, 0.5) is 0 Å². The molecule has 0 spiro atoms. The first-order chi connectivity index (χ1) is 6.47. The second-order valence-corrected chi connectivity index (χ2v) is 2.95. The molecule has 1 atom stereocenters. The number of carbonyl (C=O) groups is 2. The number of carboxylic acid groups (broad SMARTS) is 2. The topological polar surface area (TPSA) is 87.1 Å². The van der Waals surface area contributed by atoms with E-state index in [2.05, 4.69) is 0 Å². The average molecular weight is 205 g/mol. The van der Waals surface area contributed by atoms with Gasteiger partial charge in [-0.1, -0.05) is 6.92 Å². The second kappa shape index (κ2) is 6.33. The van der Waals surface area contributed by atoms with Crippen LogP contribution < -0.4 is 0 Å². The Labute approximate surface area is 82.0 Å². The van der Waals surface area contributed by atoms with Crippen molar-refractivity contribution in [3.05, 3.63) is 0 Å². The molecule has 6 nitrogen and oxygen atoms in total. The first kappa shape index (κ1) is 12.9. The lowest BCUT2D eigenvalue weighted by atomic mass is 10.2. The van der Waals surface area contributed by atoms with Gasteiger partial charge >= 0.3 is 11.9 Å². The predicted octanol–water partition coefficient (Wildman–Crippen LogP) is 0.0452. The molecule has 0 saturated heterocycles. The maximum atomic E-state index is 10.5. The van der Waals surface area contributed by atoms with Gasteiger partial charge in [-0.2, -0.15) is 5.06 Å². The molecule has 0 aliphatic rings. The van der Waals surface area contributed by atoms with Gasteiger partial charge in [-0.3, -0.25) is 9.59 Å². The molecular weight excluding hydrogens is 190 g/mol. The summed E-state index contributed by atoms with van der Waals surface area (Å²) in [5.41, 5.74) is 0. The van der Waals surface area contributed by atoms with E-state index in [9.17, 15) is 9.59 Å². The van der Waals surface area contributed by atoms with Crippen molar-refractivity contribution in [3.63, 3.8) is 0 Å². The lowest BCUT2D eigenvalue weighted by Crippen LogP contribution is -2.32. The lowest BCUT2D eigenvalue weighted by Gasteiger charge is -2.20. The molecule has 0 amide bonds. The highest BCUT2D eigenvalue weighted by atomic mass is 16.7. The van der Waals surface area contributed by atoms with Gasteiger partial charge in [-0.05, 0) is 0 Å². The van der Waals surface area contributed by atoms with Gasteiger partial charge in [0.15, 0.2) is 0 Å². The van der Waals surface area contributed by atoms with Crippen molar-refractivity contribution in [3.8, 4) is 0 Å². The van der Waals surface area contributed by atoms with Crippen molar-refractivity contribution in [1.82, 2.24) is 5.06 Å². The summed E-state index contributed by atoms with van der Waals surface area (Å²) >= 11 is 0. The fourth-order valence-corrected chi connectivity index (χ4v) is 0.861. The molecule has 0 radical (unpaired) electrons. The minimum atomic E-state index is -0.935. The molecule has 2 N–H and O–H groups in total. The summed E-state index contributed by atoms with van der Waals surface area (Å²) in [6.07, 6.45) is -0.0693. The van der Waals surface area contributed by atoms with Crippen LogP contribution in [0.15, 0.2) is 0 Å². The quantitative estimate of drug-likeness (QED) is 0.571. The highest BCUT2D eigenvalue weighted by Crippen LogP contribution is 2.01. The highest BCUT2D eigenvalue weighted by Gasteiger charge is 2.16. The monoisotopic (exact) mass is 205 g/mol. The summed E-state index contributed by atoms with van der Waals surface area (Å²) < 4.78 is 0. The van der Waals surface area contributed by atoms with Crippen molar-refractivity contribution in [2.45, 2.75) is 13.3 Å². The van der Waals surface area contributed by atoms with Crippen LogP contribution in [-0.2, 0) is 14.4 Å². The van der Waals surface area contributed by atoms with E-state index in [-0.39, 0.29) is 19.5 Å². The first-order valence-electron chi connectivity index (χ1n) is 4.21. The normalized spacial score (nSPS) is 12.8. The first-order valence-corrected chi connectivity index (χ1v) is 4.21. The van der Waals surface area contributed by atoms with Crippen molar-refractivity contribution < 1.29 is 24.6 Å². The van der Waals surface area contributed by atoms with Crippen molar-refractivity contribution in [2.24, 2.45) is 5.92 Å². The van der Waals surface area contributed by atoms with Gasteiger partial charge in [0.05, 0.1) is 19.4 Å². The molecule has 6 heteroatoms. The number of hydrogen-bond acceptors (Lipinski definition) is 4. The predicted molar refractivity (Wildman–Crippen MR) is 47.6 cm³/mol. The standard InChI is InChI=1S/C8H15NO5/c1-6(8(12)13)5-9(14-2)4-3-7(10)11/h6H,3-5H2,1-2H3,(H,10,11)(H,12,13). The van der Waals surface area contributed by atoms with E-state index >= 15 is 0 Å². The second-order valence-electron chi connectivity index (χ2n) is 2.95. The number of hydroxylamine groups is 2. The molecule has 82 valence electrons. The molecule has 0 aromatic rings. The molecule has 14 heavy (non-hydrogen) atoms. The lowest BCUT2D eigenvalue weighted by molar-refractivity contribution is -0.161. The summed E-state index contributed by atoms with van der Waals surface area (Å²) in [5, 5.41) is 18.3. The van der Waals surface area contributed by atoms with Crippen LogP contribution in [0.1, 0.15) is 13.3 Å². The van der Waals surface area contributed by atoms with Crippen LogP contribution in [0.25, 0.3) is 0 Å². The summed E-state index contributed by atoms with van der Waals surface area (Å²) in [4.78, 5) is 25.6. The molecule has 0 bridgehead atoms. The van der Waals surface area contributed by atoms with E-state index in [0.717, 1.165) is 0 Å². The number of aliphatic carboxylic acids is 2. The molecule has 0 heterocycles. The smallest absolute Gasteiger partial charge is 0.307 e. The molecule has 0 fully saturated rings. The van der Waals surface area contributed by atoms with E-state index in [1.165, 1.54) is 19.1 Å². The number of hydrogen-bond donors (Lipinski definition) is 2. The Morgan fingerprint density at radius 1 is 1.43 bits per heavy atom. The van der Waals surface area contributed by atoms with Gasteiger partial charge in [0.25, 0.3) is 0 Å². The molecule has 0 saturated carbocycles. The molecule has 0 aliphatic heterocycles. The van der Waals surface area contributed by atoms with Crippen LogP contribution in [0.5, 0.6) is 0 Å². The molecule has 0 rings (SSSR count). The fourth-order valence-electron chi connectivity index (χ4n) is 0.861. The molecular formula is C8H15NO5. The third-order valence-electron chi connectivity index (χ3n) is 1.73. The summed E-state index contributed by atoms with van der Waals surface area (Å²) in [6, 6.07) is 0. The van der Waals surface area contributed by atoms with Crippen LogP contribution in [0.2, 0.25) is 0 Å². The maximum Gasteiger partial charge on any atom is 0.307 e. The Kier molecular flexibility index (Phi) is 5.82. The van der Waals surface area contributed by atoms with Crippen LogP contribution in [0, 0.1) is 5.92 Å². The molecule has 0 aliphatic carbocycles. The van der Waals surface area contributed by atoms with Gasteiger partial charge in [-0.15, -0.1) is 0 Å². The molecule has 0 aromatic carbocycles. The average Bonchev–Trinajstić information content (AvgIpc) is 2.11. The highest BCUT2D eigenvalue weighted by molar-refractivity contribution is 5.69. The summed E-state index contributed by atoms with van der Waals surface area (Å²) in [6.45, 7) is 1.90. The molecule has 1 unspecified atom stereocenters. The van der Waals surface area contributed by atoms with Gasteiger partial charge < -0.3 is 15.1 Å². The van der Waals surface area contributed by atoms with E-state index in [1.807, 2.05) is 0 Å². The third-order valence-corrected chi connectivity index (χ3v) is 1.73. The largest absolute Gasteiger partial charge is 0.481 e. The Morgan fingerprint density at radius 2 is 2.00 bits per heavy atom. The Morgan fingerprint density at radius 3 is 2.36 bits per heavy atom. The SMILES string of the molecule is CON(CCC(=O)O)CC(C)C(=O)O. The maximum absolute atomic E-state index is 10.5. The van der Waals surface area contributed by atoms with E-state index in [4.69, 9.17) is 15.1 Å². The van der Waals surface area contributed by atoms with Crippen molar-refractivity contribution in [1.29, 1.82) is 0 Å². The third kappa shape index (κ3) is 5.50. The van der Waals surface area contributed by atoms with Crippen LogP contribution >= 0.6 is 0 Å². The fraction of sp³-hybridized carbons (Fsp3) is 0.750. The van der Waals surface area contributed by atoms with Gasteiger partial charge in [0.2, 0.25) is 0 Å². The van der Waals surface area contributed by atoms with Gasteiger partial charge in [0.1, 0.15) is 0 Å². The number of rotatable bonds is 7. The number of nitrogens with zero attached hydrogens (tertiary/aromatic N) is 1. The van der Waals surface area contributed by atoms with E-state index in [1.54, 1.807) is 0 Å². The Bertz CT molecular complexity index is 206. The van der Waals surface area contributed by atoms with E-state index in [0.29, 0.717) is 0 Å². The Hall–Kier alpha value is -1.14. The summed E-state index contributed by atoms with van der Waals surface area (Å²) in [5.74, 6) is -2.44. The zero-order chi connectivity index (χ0) is 11.1. The number of carboxylic acids is 2. The summed E-state index contributed by atoms with van der Waals surface area (Å²) in [7, 11) is 1.39. The van der Waals surface area contributed by atoms with Crippen molar-refractivity contribution in [2.75, 3.05) is 20.2 Å². The van der Waals surface area contributed by atoms with Gasteiger partial charge in [0, 0.05) is 13.1 Å². The molecule has 0 aromatic heterocycles. The van der Waals surface area contributed by atoms with Crippen LogP contribution in [-0.4, -0.2) is 47.4 Å². The van der Waals surface area contributed by atoms with E-state index < -0.39 is 17.9 Å². The zero-order valence-corrected chi connectivity index (χ0v) is 8.27. The minimum Gasteiger partial charge on any atom is -0.481 e. The zero-order valence-electron chi connectivity index (χ0n) is 8.27.